The molecule has 1 aliphatic heterocycles. The number of carbonyl (C=O) groups is 2. The second-order valence-corrected chi connectivity index (χ2v) is 6.25. The molecule has 0 radical (unpaired) electrons. The van der Waals surface area contributed by atoms with Gasteiger partial charge in [0, 0.05) is 26.2 Å². The number of benzene rings is 1. The van der Waals surface area contributed by atoms with Crippen LogP contribution in [0.1, 0.15) is 31.1 Å². The summed E-state index contributed by atoms with van der Waals surface area (Å²) in [5, 5.41) is 0. The Hall–Kier alpha value is -2.11. The first-order valence-corrected chi connectivity index (χ1v) is 7.28. The van der Waals surface area contributed by atoms with Gasteiger partial charge in [-0.3, -0.25) is 4.79 Å². The molecule has 1 aromatic rings. The molecule has 1 aliphatic rings. The van der Waals surface area contributed by atoms with Gasteiger partial charge in [0.1, 0.15) is 5.60 Å². The van der Waals surface area contributed by atoms with E-state index in [1.165, 1.54) is 6.07 Å². The van der Waals surface area contributed by atoms with Gasteiger partial charge in [0.05, 0.1) is 11.3 Å². The van der Waals surface area contributed by atoms with Crippen molar-refractivity contribution < 1.29 is 18.7 Å². The van der Waals surface area contributed by atoms with E-state index in [1.54, 1.807) is 17.0 Å². The fourth-order valence-electron chi connectivity index (χ4n) is 2.33. The van der Waals surface area contributed by atoms with Crippen molar-refractivity contribution in [3.05, 3.63) is 29.6 Å². The number of hydrogen-bond donors (Lipinski definition) is 0. The molecule has 2 rings (SSSR count). The van der Waals surface area contributed by atoms with E-state index in [0.29, 0.717) is 38.2 Å². The van der Waals surface area contributed by atoms with Gasteiger partial charge in [-0.2, -0.15) is 0 Å². The Balaban J connectivity index is 2.01. The van der Waals surface area contributed by atoms with E-state index < -0.39 is 11.4 Å². The lowest BCUT2D eigenvalue weighted by atomic mass is 10.1. The van der Waals surface area contributed by atoms with Gasteiger partial charge in [-0.25, -0.2) is 9.18 Å². The Morgan fingerprint density at radius 2 is 1.86 bits per heavy atom. The molecule has 1 amide bonds. The third-order valence-corrected chi connectivity index (χ3v) is 3.41. The third-order valence-electron chi connectivity index (χ3n) is 3.41. The summed E-state index contributed by atoms with van der Waals surface area (Å²) in [4.78, 5) is 26.2. The summed E-state index contributed by atoms with van der Waals surface area (Å²) in [7, 11) is 0. The predicted octanol–water partition coefficient (Wildman–Crippen LogP) is 2.70. The Kier molecular flexibility index (Phi) is 4.68. The molecule has 120 valence electrons. The fraction of sp³-hybridized carbons (Fsp3) is 0.500. The number of hydrogen-bond acceptors (Lipinski definition) is 4. The Labute approximate surface area is 129 Å². The van der Waals surface area contributed by atoms with E-state index >= 15 is 0 Å². The molecule has 22 heavy (non-hydrogen) atoms. The molecular formula is C16H21FN2O3. The van der Waals surface area contributed by atoms with Crippen LogP contribution in [0.4, 0.5) is 14.9 Å². The zero-order valence-electron chi connectivity index (χ0n) is 13.1. The minimum atomic E-state index is -0.529. The molecule has 5 nitrogen and oxygen atoms in total. The van der Waals surface area contributed by atoms with E-state index in [4.69, 9.17) is 4.74 Å². The van der Waals surface area contributed by atoms with Crippen molar-refractivity contribution in [1.82, 2.24) is 4.90 Å². The molecule has 1 fully saturated rings. The minimum absolute atomic E-state index is 0.0482. The molecule has 0 saturated carbocycles. The summed E-state index contributed by atoms with van der Waals surface area (Å²) in [5.41, 5.74) is -0.0842. The van der Waals surface area contributed by atoms with Gasteiger partial charge in [0.15, 0.2) is 12.1 Å². The molecule has 0 aromatic heterocycles. The van der Waals surface area contributed by atoms with Crippen LogP contribution in [-0.2, 0) is 4.74 Å². The number of rotatable bonds is 2. The second kappa shape index (κ2) is 6.34. The number of halogens is 1. The second-order valence-electron chi connectivity index (χ2n) is 6.25. The van der Waals surface area contributed by atoms with Gasteiger partial charge < -0.3 is 14.5 Å². The normalized spacial score (nSPS) is 15.6. The van der Waals surface area contributed by atoms with E-state index in [-0.39, 0.29) is 11.7 Å². The van der Waals surface area contributed by atoms with Gasteiger partial charge in [0.25, 0.3) is 0 Å². The number of aldehydes is 1. The molecule has 0 unspecified atom stereocenters. The monoisotopic (exact) mass is 308 g/mol. The lowest BCUT2D eigenvalue weighted by Crippen LogP contribution is -2.50. The first kappa shape index (κ1) is 16.3. The smallest absolute Gasteiger partial charge is 0.410 e. The number of carbonyl (C=O) groups excluding carboxylic acids is 2. The van der Waals surface area contributed by atoms with E-state index in [9.17, 15) is 14.0 Å². The van der Waals surface area contributed by atoms with Crippen molar-refractivity contribution in [2.24, 2.45) is 0 Å². The van der Waals surface area contributed by atoms with Crippen molar-refractivity contribution in [3.8, 4) is 0 Å². The number of ether oxygens (including phenoxy) is 1. The van der Waals surface area contributed by atoms with Gasteiger partial charge in [-0.15, -0.1) is 0 Å². The largest absolute Gasteiger partial charge is 0.444 e. The van der Waals surface area contributed by atoms with Crippen LogP contribution in [0.25, 0.3) is 0 Å². The molecule has 1 saturated heterocycles. The summed E-state index contributed by atoms with van der Waals surface area (Å²) < 4.78 is 19.5. The average molecular weight is 308 g/mol. The highest BCUT2D eigenvalue weighted by molar-refractivity contribution is 5.78. The molecule has 0 atom stereocenters. The van der Waals surface area contributed by atoms with Crippen LogP contribution >= 0.6 is 0 Å². The van der Waals surface area contributed by atoms with Crippen molar-refractivity contribution in [1.29, 1.82) is 0 Å². The van der Waals surface area contributed by atoms with Crippen molar-refractivity contribution in [2.45, 2.75) is 26.4 Å². The number of nitrogens with zero attached hydrogens (tertiary/aromatic N) is 2. The van der Waals surface area contributed by atoms with Crippen LogP contribution in [0.3, 0.4) is 0 Å². The number of piperazine rings is 1. The van der Waals surface area contributed by atoms with E-state index in [0.717, 1.165) is 0 Å². The molecule has 1 aromatic carbocycles. The number of anilines is 1. The summed E-state index contributed by atoms with van der Waals surface area (Å²) >= 11 is 0. The van der Waals surface area contributed by atoms with Crippen molar-refractivity contribution >= 4 is 18.1 Å². The van der Waals surface area contributed by atoms with Crippen molar-refractivity contribution in [3.63, 3.8) is 0 Å². The first-order valence-electron chi connectivity index (χ1n) is 7.28. The SMILES string of the molecule is CC(C)(C)OC(=O)N1CCN(c2cccc(C=O)c2F)CC1. The van der Waals surface area contributed by atoms with Gasteiger partial charge in [-0.05, 0) is 32.9 Å². The molecule has 0 N–H and O–H groups in total. The van der Waals surface area contributed by atoms with Crippen LogP contribution in [0.5, 0.6) is 0 Å². The lowest BCUT2D eigenvalue weighted by molar-refractivity contribution is 0.0240. The fourth-order valence-corrected chi connectivity index (χ4v) is 2.33. The van der Waals surface area contributed by atoms with E-state index in [1.807, 2.05) is 25.7 Å². The van der Waals surface area contributed by atoms with Crippen LogP contribution < -0.4 is 4.90 Å². The zero-order valence-corrected chi connectivity index (χ0v) is 13.1. The molecule has 0 spiro atoms. The molecule has 0 bridgehead atoms. The molecule has 0 aliphatic carbocycles. The third kappa shape index (κ3) is 3.75. The molecule has 6 heteroatoms. The van der Waals surface area contributed by atoms with Crippen LogP contribution in [-0.4, -0.2) is 49.1 Å². The summed E-state index contributed by atoms with van der Waals surface area (Å²) in [6, 6.07) is 4.75. The topological polar surface area (TPSA) is 49.9 Å². The quantitative estimate of drug-likeness (QED) is 0.788. The highest BCUT2D eigenvalue weighted by atomic mass is 19.1. The first-order chi connectivity index (χ1) is 10.3. The minimum Gasteiger partial charge on any atom is -0.444 e. The Bertz CT molecular complexity index is 561. The lowest BCUT2D eigenvalue weighted by Gasteiger charge is -2.36. The molecule has 1 heterocycles. The maximum absolute atomic E-state index is 14.2. The van der Waals surface area contributed by atoms with E-state index in [2.05, 4.69) is 0 Å². The highest BCUT2D eigenvalue weighted by Gasteiger charge is 2.27. The van der Waals surface area contributed by atoms with Crippen LogP contribution in [0.15, 0.2) is 18.2 Å². The maximum atomic E-state index is 14.2. The summed E-state index contributed by atoms with van der Waals surface area (Å²) in [5.74, 6) is -0.511. The maximum Gasteiger partial charge on any atom is 0.410 e. The average Bonchev–Trinajstić information content (AvgIpc) is 2.46. The summed E-state index contributed by atoms with van der Waals surface area (Å²) in [6.07, 6.45) is 0.157. The van der Waals surface area contributed by atoms with Crippen molar-refractivity contribution in [2.75, 3.05) is 31.1 Å². The Morgan fingerprint density at radius 1 is 1.23 bits per heavy atom. The number of amides is 1. The summed E-state index contributed by atoms with van der Waals surface area (Å²) in [6.45, 7) is 7.38. The van der Waals surface area contributed by atoms with Gasteiger partial charge in [-0.1, -0.05) is 6.07 Å². The molecular weight excluding hydrogens is 287 g/mol. The predicted molar refractivity (Wildman–Crippen MR) is 81.8 cm³/mol. The van der Waals surface area contributed by atoms with Crippen LogP contribution in [0.2, 0.25) is 0 Å². The highest BCUT2D eigenvalue weighted by Crippen LogP contribution is 2.23. The zero-order chi connectivity index (χ0) is 16.3. The van der Waals surface area contributed by atoms with Gasteiger partial charge in [0.2, 0.25) is 0 Å². The van der Waals surface area contributed by atoms with Gasteiger partial charge >= 0.3 is 6.09 Å². The van der Waals surface area contributed by atoms with Crippen LogP contribution in [0, 0.1) is 5.82 Å². The standard InChI is InChI=1S/C16H21FN2O3/c1-16(2,3)22-15(21)19-9-7-18(8-10-19)13-6-4-5-12(11-20)14(13)17/h4-6,11H,7-10H2,1-3H3. The Morgan fingerprint density at radius 3 is 2.41 bits per heavy atom.